The van der Waals surface area contributed by atoms with E-state index in [4.69, 9.17) is 14.2 Å². The van der Waals surface area contributed by atoms with E-state index in [1.165, 1.54) is 128 Å². The summed E-state index contributed by atoms with van der Waals surface area (Å²) in [5.74, 6) is -0.0390. The van der Waals surface area contributed by atoms with Crippen LogP contribution in [0.5, 0.6) is 0 Å². The number of carbonyl (C=O) groups excluding carboxylic acids is 3. The molecule has 290 valence electrons. The number of carbonyl (C=O) groups is 3. The number of esters is 3. The standard InChI is InChI=1S/C43H82O6/c1-5-7-9-11-13-14-19-24-28-32-36-43(46)49-40(37-47-41(44)34-30-26-21-12-10-8-6-2)38-48-42(45)35-31-27-23-20-17-15-16-18-22-25-29-33-39(3)4/h39-40H,5-38H2,1-4H3/t40-/m1/s1. The van der Waals surface area contributed by atoms with E-state index < -0.39 is 6.10 Å². The summed E-state index contributed by atoms with van der Waals surface area (Å²) in [4.78, 5) is 37.4. The fourth-order valence-corrected chi connectivity index (χ4v) is 6.27. The zero-order valence-electron chi connectivity index (χ0n) is 33.1. The Kier molecular flexibility index (Phi) is 36.4. The van der Waals surface area contributed by atoms with E-state index in [9.17, 15) is 14.4 Å². The highest BCUT2D eigenvalue weighted by Gasteiger charge is 2.19. The van der Waals surface area contributed by atoms with Crippen molar-refractivity contribution in [3.8, 4) is 0 Å². The number of hydrogen-bond acceptors (Lipinski definition) is 6. The van der Waals surface area contributed by atoms with Crippen molar-refractivity contribution < 1.29 is 28.6 Å². The maximum Gasteiger partial charge on any atom is 0.306 e. The lowest BCUT2D eigenvalue weighted by Gasteiger charge is -2.18. The first-order valence-electron chi connectivity index (χ1n) is 21.4. The average Bonchev–Trinajstić information content (AvgIpc) is 3.08. The van der Waals surface area contributed by atoms with Gasteiger partial charge in [0.1, 0.15) is 13.2 Å². The molecule has 0 saturated carbocycles. The molecule has 49 heavy (non-hydrogen) atoms. The van der Waals surface area contributed by atoms with Gasteiger partial charge >= 0.3 is 17.9 Å². The molecular formula is C43H82O6. The molecule has 0 aliphatic carbocycles. The highest BCUT2D eigenvalue weighted by atomic mass is 16.6. The van der Waals surface area contributed by atoms with Crippen LogP contribution >= 0.6 is 0 Å². The zero-order chi connectivity index (χ0) is 36.0. The summed E-state index contributed by atoms with van der Waals surface area (Å²) < 4.78 is 16.6. The van der Waals surface area contributed by atoms with Crippen molar-refractivity contribution in [2.24, 2.45) is 5.92 Å². The van der Waals surface area contributed by atoms with Gasteiger partial charge in [0.2, 0.25) is 0 Å². The second-order valence-corrected chi connectivity index (χ2v) is 15.1. The lowest BCUT2D eigenvalue weighted by Crippen LogP contribution is -2.30. The number of rotatable bonds is 38. The fraction of sp³-hybridized carbons (Fsp3) is 0.930. The second kappa shape index (κ2) is 37.7. The molecule has 0 aliphatic rings. The van der Waals surface area contributed by atoms with Crippen LogP contribution in [0.2, 0.25) is 0 Å². The van der Waals surface area contributed by atoms with Gasteiger partial charge in [-0.1, -0.05) is 195 Å². The van der Waals surface area contributed by atoms with Gasteiger partial charge in [0.05, 0.1) is 0 Å². The quantitative estimate of drug-likeness (QED) is 0.0364. The molecule has 0 heterocycles. The van der Waals surface area contributed by atoms with Crippen molar-refractivity contribution in [1.29, 1.82) is 0 Å². The van der Waals surface area contributed by atoms with Gasteiger partial charge in [0, 0.05) is 19.3 Å². The van der Waals surface area contributed by atoms with Crippen LogP contribution in [0.15, 0.2) is 0 Å². The normalized spacial score (nSPS) is 11.9. The molecule has 0 fully saturated rings. The summed E-state index contributed by atoms with van der Waals surface area (Å²) in [5.41, 5.74) is 0. The van der Waals surface area contributed by atoms with E-state index in [1.54, 1.807) is 0 Å². The monoisotopic (exact) mass is 695 g/mol. The summed E-state index contributed by atoms with van der Waals surface area (Å²) >= 11 is 0. The first kappa shape index (κ1) is 47.4. The Balaban J connectivity index is 4.27. The van der Waals surface area contributed by atoms with Gasteiger partial charge in [-0.05, 0) is 25.2 Å². The molecule has 0 bridgehead atoms. The lowest BCUT2D eigenvalue weighted by atomic mass is 10.0. The van der Waals surface area contributed by atoms with Gasteiger partial charge in [0.15, 0.2) is 6.10 Å². The van der Waals surface area contributed by atoms with Crippen LogP contribution in [-0.2, 0) is 28.6 Å². The van der Waals surface area contributed by atoms with Gasteiger partial charge in [-0.3, -0.25) is 14.4 Å². The van der Waals surface area contributed by atoms with Crippen LogP contribution in [0.3, 0.4) is 0 Å². The largest absolute Gasteiger partial charge is 0.462 e. The maximum absolute atomic E-state index is 12.6. The highest BCUT2D eigenvalue weighted by molar-refractivity contribution is 5.71. The van der Waals surface area contributed by atoms with Gasteiger partial charge < -0.3 is 14.2 Å². The smallest absolute Gasteiger partial charge is 0.306 e. The molecule has 0 aliphatic heterocycles. The Bertz CT molecular complexity index is 736. The van der Waals surface area contributed by atoms with Crippen LogP contribution in [0.4, 0.5) is 0 Å². The van der Waals surface area contributed by atoms with E-state index in [1.807, 2.05) is 0 Å². The topological polar surface area (TPSA) is 78.9 Å². The molecule has 0 N–H and O–H groups in total. The molecule has 0 amide bonds. The maximum atomic E-state index is 12.6. The molecule has 6 nitrogen and oxygen atoms in total. The van der Waals surface area contributed by atoms with Crippen molar-refractivity contribution in [2.75, 3.05) is 13.2 Å². The molecule has 0 aromatic carbocycles. The summed E-state index contributed by atoms with van der Waals surface area (Å²) in [6, 6.07) is 0. The van der Waals surface area contributed by atoms with E-state index in [0.717, 1.165) is 63.7 Å². The Hall–Kier alpha value is -1.59. The second-order valence-electron chi connectivity index (χ2n) is 15.1. The number of hydrogen-bond donors (Lipinski definition) is 0. The van der Waals surface area contributed by atoms with Crippen molar-refractivity contribution in [3.63, 3.8) is 0 Å². The van der Waals surface area contributed by atoms with Gasteiger partial charge in [0.25, 0.3) is 0 Å². The summed E-state index contributed by atoms with van der Waals surface area (Å²) in [6.07, 6.45) is 35.2. The Morgan fingerprint density at radius 3 is 1.00 bits per heavy atom. The minimum absolute atomic E-state index is 0.0647. The molecule has 0 spiro atoms. The third-order valence-electron chi connectivity index (χ3n) is 9.54. The molecule has 0 radical (unpaired) electrons. The predicted molar refractivity (Wildman–Crippen MR) is 206 cm³/mol. The van der Waals surface area contributed by atoms with Crippen molar-refractivity contribution in [3.05, 3.63) is 0 Å². The van der Waals surface area contributed by atoms with Crippen molar-refractivity contribution >= 4 is 17.9 Å². The van der Waals surface area contributed by atoms with Gasteiger partial charge in [-0.25, -0.2) is 0 Å². The first-order chi connectivity index (χ1) is 23.9. The van der Waals surface area contributed by atoms with Crippen LogP contribution < -0.4 is 0 Å². The molecule has 0 aromatic heterocycles. The Morgan fingerprint density at radius 2 is 0.673 bits per heavy atom. The van der Waals surface area contributed by atoms with E-state index in [-0.39, 0.29) is 31.1 Å². The predicted octanol–water partition coefficient (Wildman–Crippen LogP) is 13.2. The van der Waals surface area contributed by atoms with E-state index in [0.29, 0.717) is 19.3 Å². The SMILES string of the molecule is CCCCCCCCCCCCC(=O)O[C@H](COC(=O)CCCCCCCCC)COC(=O)CCCCCCCCCCCCCC(C)C. The third kappa shape index (κ3) is 37.5. The Labute approximate surface area is 304 Å². The summed E-state index contributed by atoms with van der Waals surface area (Å²) in [7, 11) is 0. The average molecular weight is 695 g/mol. The lowest BCUT2D eigenvalue weighted by molar-refractivity contribution is -0.167. The van der Waals surface area contributed by atoms with Crippen LogP contribution in [0, 0.1) is 5.92 Å². The number of ether oxygens (including phenoxy) is 3. The van der Waals surface area contributed by atoms with Crippen LogP contribution in [-0.4, -0.2) is 37.2 Å². The summed E-state index contributed by atoms with van der Waals surface area (Å²) in [6.45, 7) is 8.93. The fourth-order valence-electron chi connectivity index (χ4n) is 6.27. The van der Waals surface area contributed by atoms with Crippen molar-refractivity contribution in [2.45, 2.75) is 239 Å². The minimum Gasteiger partial charge on any atom is -0.462 e. The minimum atomic E-state index is -0.757. The summed E-state index contributed by atoms with van der Waals surface area (Å²) in [5, 5.41) is 0. The molecule has 0 aromatic rings. The molecule has 0 rings (SSSR count). The molecule has 1 atom stereocenters. The zero-order valence-corrected chi connectivity index (χ0v) is 33.1. The first-order valence-corrected chi connectivity index (χ1v) is 21.4. The third-order valence-corrected chi connectivity index (χ3v) is 9.54. The van der Waals surface area contributed by atoms with E-state index in [2.05, 4.69) is 27.7 Å². The molecule has 6 heteroatoms. The van der Waals surface area contributed by atoms with E-state index >= 15 is 0 Å². The molecular weight excluding hydrogens is 612 g/mol. The van der Waals surface area contributed by atoms with Crippen LogP contribution in [0.25, 0.3) is 0 Å². The number of unbranched alkanes of at least 4 members (excludes halogenated alkanes) is 25. The van der Waals surface area contributed by atoms with Gasteiger partial charge in [-0.15, -0.1) is 0 Å². The van der Waals surface area contributed by atoms with Gasteiger partial charge in [-0.2, -0.15) is 0 Å². The Morgan fingerprint density at radius 1 is 0.388 bits per heavy atom. The highest BCUT2D eigenvalue weighted by Crippen LogP contribution is 2.16. The van der Waals surface area contributed by atoms with Crippen LogP contribution in [0.1, 0.15) is 233 Å². The molecule has 0 unspecified atom stereocenters. The van der Waals surface area contributed by atoms with Crippen molar-refractivity contribution in [1.82, 2.24) is 0 Å². The molecule has 0 saturated heterocycles.